The van der Waals surface area contributed by atoms with E-state index >= 15 is 0 Å². The topological polar surface area (TPSA) is 54.8 Å². The van der Waals surface area contributed by atoms with Gasteiger partial charge in [0.25, 0.3) is 0 Å². The Labute approximate surface area is 200 Å². The fourth-order valence-corrected chi connectivity index (χ4v) is 5.42. The predicted octanol–water partition coefficient (Wildman–Crippen LogP) is 4.56. The van der Waals surface area contributed by atoms with E-state index in [0.717, 1.165) is 47.1 Å². The van der Waals surface area contributed by atoms with Gasteiger partial charge in [0, 0.05) is 37.3 Å². The van der Waals surface area contributed by atoms with Gasteiger partial charge in [-0.15, -0.1) is 0 Å². The summed E-state index contributed by atoms with van der Waals surface area (Å²) in [6, 6.07) is 16.0. The van der Waals surface area contributed by atoms with Gasteiger partial charge in [0.15, 0.2) is 0 Å². The number of hydrogen-bond donors (Lipinski definition) is 0. The molecule has 5 rings (SSSR count). The minimum atomic E-state index is -0.376. The highest BCUT2D eigenvalue weighted by atomic mass is 16.5. The quantitative estimate of drug-likeness (QED) is 0.564. The third-order valence-corrected chi connectivity index (χ3v) is 7.18. The first-order valence-corrected chi connectivity index (χ1v) is 12.1. The lowest BCUT2D eigenvalue weighted by Gasteiger charge is -2.40. The van der Waals surface area contributed by atoms with Crippen LogP contribution in [0.15, 0.2) is 60.8 Å². The van der Waals surface area contributed by atoms with E-state index in [1.54, 1.807) is 4.57 Å². The molecule has 1 amide bonds. The monoisotopic (exact) mass is 457 g/mol. The maximum absolute atomic E-state index is 13.1. The molecule has 3 aromatic rings. The summed E-state index contributed by atoms with van der Waals surface area (Å²) in [5.74, 6) is 0.0220. The molecule has 1 aromatic heterocycles. The highest BCUT2D eigenvalue weighted by molar-refractivity contribution is 6.02. The van der Waals surface area contributed by atoms with E-state index in [2.05, 4.69) is 24.1 Å². The molecule has 176 valence electrons. The number of likely N-dealkylation sites (N-methyl/N-ethyl adjacent to an activating group) is 1. The highest BCUT2D eigenvalue weighted by Gasteiger charge is 2.37. The standard InChI is InChI=1S/C28H31N3O3/c1-4-30(5-2)27(32)21-14-23-22-12-9-13-24-26(22)20(15-25(23)29(3)16-21)17-31(24)28(33)34-18-19-10-7-6-8-11-19/h6-14,17,21,25H,4-5,15-16,18H2,1-3H3/t21-,25-/m1/s1. The summed E-state index contributed by atoms with van der Waals surface area (Å²) >= 11 is 0. The molecule has 1 aliphatic carbocycles. The number of amides is 1. The second kappa shape index (κ2) is 9.11. The van der Waals surface area contributed by atoms with Crippen molar-refractivity contribution in [2.45, 2.75) is 32.9 Å². The van der Waals surface area contributed by atoms with Gasteiger partial charge in [0.1, 0.15) is 6.61 Å². The van der Waals surface area contributed by atoms with E-state index in [9.17, 15) is 9.59 Å². The van der Waals surface area contributed by atoms with E-state index in [0.29, 0.717) is 6.54 Å². The molecule has 0 bridgehead atoms. The number of aromatic nitrogens is 1. The van der Waals surface area contributed by atoms with Crippen LogP contribution >= 0.6 is 0 Å². The molecule has 0 unspecified atom stereocenters. The van der Waals surface area contributed by atoms with Crippen molar-refractivity contribution < 1.29 is 14.3 Å². The van der Waals surface area contributed by atoms with Crippen molar-refractivity contribution in [3.8, 4) is 0 Å². The summed E-state index contributed by atoms with van der Waals surface area (Å²) in [5, 5.41) is 1.09. The molecule has 1 aliphatic heterocycles. The third kappa shape index (κ3) is 3.82. The molecule has 0 spiro atoms. The Morgan fingerprint density at radius 1 is 1.06 bits per heavy atom. The average molecular weight is 458 g/mol. The van der Waals surface area contributed by atoms with Crippen molar-refractivity contribution >= 4 is 28.5 Å². The molecule has 34 heavy (non-hydrogen) atoms. The Kier molecular flexibility index (Phi) is 6.00. The fourth-order valence-electron chi connectivity index (χ4n) is 5.42. The van der Waals surface area contributed by atoms with Crippen molar-refractivity contribution in [3.63, 3.8) is 0 Å². The molecule has 2 aromatic carbocycles. The van der Waals surface area contributed by atoms with Gasteiger partial charge < -0.3 is 9.64 Å². The lowest BCUT2D eigenvalue weighted by atomic mass is 9.79. The number of rotatable bonds is 5. The number of carbonyl (C=O) groups excluding carboxylic acids is 2. The molecule has 0 fully saturated rings. The summed E-state index contributed by atoms with van der Waals surface area (Å²) in [7, 11) is 2.09. The van der Waals surface area contributed by atoms with E-state index in [-0.39, 0.29) is 30.6 Å². The van der Waals surface area contributed by atoms with Gasteiger partial charge in [-0.25, -0.2) is 4.79 Å². The Morgan fingerprint density at radius 2 is 1.82 bits per heavy atom. The molecule has 0 radical (unpaired) electrons. The zero-order valence-electron chi connectivity index (χ0n) is 20.0. The number of benzene rings is 2. The second-order valence-electron chi connectivity index (χ2n) is 9.16. The van der Waals surface area contributed by atoms with Gasteiger partial charge in [-0.2, -0.15) is 0 Å². The van der Waals surface area contributed by atoms with Gasteiger partial charge >= 0.3 is 6.09 Å². The molecule has 0 saturated carbocycles. The number of carbonyl (C=O) groups is 2. The van der Waals surface area contributed by atoms with Crippen LogP contribution in [0.5, 0.6) is 0 Å². The average Bonchev–Trinajstić information content (AvgIpc) is 3.24. The molecule has 0 saturated heterocycles. The second-order valence-corrected chi connectivity index (χ2v) is 9.16. The molecule has 6 nitrogen and oxygen atoms in total. The minimum absolute atomic E-state index is 0.161. The number of fused-ring (bicyclic) bond motifs is 2. The zero-order valence-corrected chi connectivity index (χ0v) is 20.0. The lowest BCUT2D eigenvalue weighted by molar-refractivity contribution is -0.134. The van der Waals surface area contributed by atoms with Crippen LogP contribution < -0.4 is 0 Å². The Morgan fingerprint density at radius 3 is 2.56 bits per heavy atom. The molecule has 2 atom stereocenters. The van der Waals surface area contributed by atoms with Gasteiger partial charge in [-0.3, -0.25) is 14.3 Å². The van der Waals surface area contributed by atoms with Crippen molar-refractivity contribution in [2.24, 2.45) is 5.92 Å². The largest absolute Gasteiger partial charge is 0.444 e. The van der Waals surface area contributed by atoms with Crippen molar-refractivity contribution in [2.75, 3.05) is 26.7 Å². The van der Waals surface area contributed by atoms with Crippen molar-refractivity contribution in [1.82, 2.24) is 14.4 Å². The van der Waals surface area contributed by atoms with Gasteiger partial charge in [0.05, 0.1) is 11.4 Å². The Hall–Kier alpha value is -3.38. The SMILES string of the molecule is CCN(CC)C(=O)[C@@H]1C=C2c3cccc4c3c(cn4C(=O)OCc3ccccc3)C[C@H]2N(C)C1. The number of ether oxygens (including phenoxy) is 1. The van der Waals surface area contributed by atoms with E-state index in [1.165, 1.54) is 5.57 Å². The Bertz CT molecular complexity index is 1260. The lowest BCUT2D eigenvalue weighted by Crippen LogP contribution is -2.47. The first-order valence-electron chi connectivity index (χ1n) is 12.1. The van der Waals surface area contributed by atoms with Crippen LogP contribution in [0.2, 0.25) is 0 Å². The normalized spacial score (nSPS) is 19.4. The van der Waals surface area contributed by atoms with Gasteiger partial charge in [-0.1, -0.05) is 48.5 Å². The van der Waals surface area contributed by atoms with E-state index in [1.807, 2.05) is 67.4 Å². The summed E-state index contributed by atoms with van der Waals surface area (Å²) < 4.78 is 7.26. The highest BCUT2D eigenvalue weighted by Crippen LogP contribution is 2.42. The molecule has 0 N–H and O–H groups in total. The van der Waals surface area contributed by atoms with Crippen molar-refractivity contribution in [3.05, 3.63) is 77.5 Å². The van der Waals surface area contributed by atoms with Gasteiger partial charge in [-0.05, 0) is 55.6 Å². The smallest absolute Gasteiger partial charge is 0.418 e. The van der Waals surface area contributed by atoms with Crippen LogP contribution in [0, 0.1) is 5.92 Å². The number of hydrogen-bond acceptors (Lipinski definition) is 4. The first-order chi connectivity index (χ1) is 16.5. The zero-order chi connectivity index (χ0) is 23.8. The molecule has 2 heterocycles. The molecular formula is C28H31N3O3. The maximum Gasteiger partial charge on any atom is 0.418 e. The third-order valence-electron chi connectivity index (χ3n) is 7.18. The summed E-state index contributed by atoms with van der Waals surface area (Å²) in [5.41, 5.74) is 5.25. The summed E-state index contributed by atoms with van der Waals surface area (Å²) in [6.07, 6.45) is 4.54. The predicted molar refractivity (Wildman–Crippen MR) is 133 cm³/mol. The van der Waals surface area contributed by atoms with Crippen LogP contribution in [0.1, 0.15) is 30.5 Å². The summed E-state index contributed by atoms with van der Waals surface area (Å²) in [6.45, 7) is 6.43. The van der Waals surface area contributed by atoms with E-state index in [4.69, 9.17) is 4.74 Å². The van der Waals surface area contributed by atoms with Crippen LogP contribution in [0.25, 0.3) is 16.5 Å². The van der Waals surface area contributed by atoms with Crippen LogP contribution in [-0.2, 0) is 22.6 Å². The van der Waals surface area contributed by atoms with Gasteiger partial charge in [0.2, 0.25) is 5.91 Å². The molecule has 6 heteroatoms. The molecular weight excluding hydrogens is 426 g/mol. The van der Waals surface area contributed by atoms with Crippen LogP contribution in [0.3, 0.4) is 0 Å². The van der Waals surface area contributed by atoms with Crippen LogP contribution in [-0.4, -0.2) is 59.1 Å². The minimum Gasteiger partial charge on any atom is -0.444 e. The first kappa shape index (κ1) is 22.4. The Balaban J connectivity index is 1.50. The summed E-state index contributed by atoms with van der Waals surface area (Å²) in [4.78, 5) is 30.4. The fraction of sp³-hybridized carbons (Fsp3) is 0.357. The van der Waals surface area contributed by atoms with Crippen LogP contribution in [0.4, 0.5) is 4.79 Å². The van der Waals surface area contributed by atoms with Crippen molar-refractivity contribution in [1.29, 1.82) is 0 Å². The number of nitrogens with zero attached hydrogens (tertiary/aromatic N) is 3. The van der Waals surface area contributed by atoms with E-state index < -0.39 is 0 Å². The molecule has 2 aliphatic rings. The maximum atomic E-state index is 13.1.